The fourth-order valence-corrected chi connectivity index (χ4v) is 2.52. The second-order valence-electron chi connectivity index (χ2n) is 3.11. The first-order valence-electron chi connectivity index (χ1n) is 4.62. The van der Waals surface area contributed by atoms with E-state index in [-0.39, 0.29) is 5.78 Å². The van der Waals surface area contributed by atoms with Crippen LogP contribution in [-0.4, -0.2) is 10.8 Å². The Balaban J connectivity index is 2.11. The molecule has 0 aliphatic heterocycles. The molecule has 0 saturated heterocycles. The molecule has 0 atom stereocenters. The number of allylic oxidation sites excluding steroid dienone is 1. The average Bonchev–Trinajstić information content (AvgIpc) is 2.74. The van der Waals surface area contributed by atoms with Gasteiger partial charge in [-0.1, -0.05) is 6.07 Å². The van der Waals surface area contributed by atoms with Gasteiger partial charge >= 0.3 is 0 Å². The van der Waals surface area contributed by atoms with Crippen molar-refractivity contribution in [1.29, 1.82) is 0 Å². The molecular formula is C12H8BrNOS. The number of thiophene rings is 1. The Morgan fingerprint density at radius 2 is 2.38 bits per heavy atom. The summed E-state index contributed by atoms with van der Waals surface area (Å²) in [7, 11) is 0. The molecule has 0 radical (unpaired) electrons. The fourth-order valence-electron chi connectivity index (χ4n) is 1.17. The van der Waals surface area contributed by atoms with Crippen molar-refractivity contribution < 1.29 is 4.79 Å². The summed E-state index contributed by atoms with van der Waals surface area (Å²) < 4.78 is 0.940. The van der Waals surface area contributed by atoms with Crippen LogP contribution in [0.2, 0.25) is 0 Å². The molecule has 0 bridgehead atoms. The second kappa shape index (κ2) is 5.18. The third-order valence-corrected chi connectivity index (χ3v) is 3.63. The van der Waals surface area contributed by atoms with E-state index < -0.39 is 0 Å². The zero-order valence-corrected chi connectivity index (χ0v) is 10.7. The van der Waals surface area contributed by atoms with E-state index >= 15 is 0 Å². The molecule has 2 aromatic rings. The summed E-state index contributed by atoms with van der Waals surface area (Å²) in [6.07, 6.45) is 6.75. The van der Waals surface area contributed by atoms with Crippen LogP contribution in [0, 0.1) is 0 Å². The minimum atomic E-state index is 0.0135. The highest BCUT2D eigenvalue weighted by molar-refractivity contribution is 9.10. The lowest BCUT2D eigenvalue weighted by molar-refractivity contribution is 0.105. The topological polar surface area (TPSA) is 30.0 Å². The van der Waals surface area contributed by atoms with Crippen molar-refractivity contribution in [3.63, 3.8) is 0 Å². The molecule has 0 N–H and O–H groups in total. The van der Waals surface area contributed by atoms with Crippen LogP contribution in [0.15, 0.2) is 46.5 Å². The van der Waals surface area contributed by atoms with Crippen molar-refractivity contribution in [2.45, 2.75) is 0 Å². The van der Waals surface area contributed by atoms with Crippen LogP contribution in [0.5, 0.6) is 0 Å². The van der Waals surface area contributed by atoms with Gasteiger partial charge in [0.05, 0.1) is 4.88 Å². The van der Waals surface area contributed by atoms with E-state index in [1.807, 2.05) is 23.6 Å². The van der Waals surface area contributed by atoms with E-state index in [9.17, 15) is 4.79 Å². The molecule has 2 nitrogen and oxygen atoms in total. The molecule has 0 saturated carbocycles. The van der Waals surface area contributed by atoms with Crippen molar-refractivity contribution in [3.8, 4) is 0 Å². The Kier molecular flexibility index (Phi) is 3.64. The van der Waals surface area contributed by atoms with Crippen LogP contribution in [0.1, 0.15) is 15.2 Å². The number of rotatable bonds is 3. The van der Waals surface area contributed by atoms with Gasteiger partial charge in [0.1, 0.15) is 0 Å². The Morgan fingerprint density at radius 1 is 1.50 bits per heavy atom. The summed E-state index contributed by atoms with van der Waals surface area (Å²) in [5, 5.41) is 1.89. The molecule has 80 valence electrons. The van der Waals surface area contributed by atoms with E-state index in [2.05, 4.69) is 20.9 Å². The first-order chi connectivity index (χ1) is 7.75. The lowest BCUT2D eigenvalue weighted by Gasteiger charge is -1.90. The Labute approximate surface area is 106 Å². The van der Waals surface area contributed by atoms with Gasteiger partial charge < -0.3 is 0 Å². The highest BCUT2D eigenvalue weighted by Crippen LogP contribution is 2.20. The number of halogens is 1. The number of aromatic nitrogens is 1. The van der Waals surface area contributed by atoms with Gasteiger partial charge in [0.25, 0.3) is 0 Å². The molecule has 4 heteroatoms. The molecule has 2 rings (SSSR count). The predicted molar refractivity (Wildman–Crippen MR) is 69.6 cm³/mol. The summed E-state index contributed by atoms with van der Waals surface area (Å²) in [6.45, 7) is 0. The lowest BCUT2D eigenvalue weighted by Crippen LogP contribution is -1.88. The smallest absolute Gasteiger partial charge is 0.195 e. The first kappa shape index (κ1) is 11.2. The standard InChI is InChI=1S/C12H8BrNOS/c13-10-6-12(16-8-10)11(15)4-3-9-2-1-5-14-7-9/h1-8H/b4-3+. The highest BCUT2D eigenvalue weighted by Gasteiger charge is 2.04. The number of hydrogen-bond acceptors (Lipinski definition) is 3. The SMILES string of the molecule is O=C(/C=C/c1cccnc1)c1cc(Br)cs1. The van der Waals surface area contributed by atoms with Gasteiger partial charge in [0.15, 0.2) is 5.78 Å². The van der Waals surface area contributed by atoms with E-state index in [1.54, 1.807) is 24.5 Å². The fraction of sp³-hybridized carbons (Fsp3) is 0. The van der Waals surface area contributed by atoms with Crippen molar-refractivity contribution in [3.05, 3.63) is 57.0 Å². The third kappa shape index (κ3) is 2.87. The van der Waals surface area contributed by atoms with Crippen molar-refractivity contribution in [2.75, 3.05) is 0 Å². The lowest BCUT2D eigenvalue weighted by atomic mass is 10.2. The molecule has 0 aromatic carbocycles. The molecule has 0 aliphatic carbocycles. The van der Waals surface area contributed by atoms with Crippen molar-refractivity contribution in [1.82, 2.24) is 4.98 Å². The molecule has 2 heterocycles. The van der Waals surface area contributed by atoms with Gasteiger partial charge in [-0.25, -0.2) is 0 Å². The van der Waals surface area contributed by atoms with E-state index in [1.165, 1.54) is 11.3 Å². The number of carbonyl (C=O) groups excluding carboxylic acids is 1. The van der Waals surface area contributed by atoms with Gasteiger partial charge in [-0.2, -0.15) is 0 Å². The first-order valence-corrected chi connectivity index (χ1v) is 6.29. The molecule has 0 unspecified atom stereocenters. The van der Waals surface area contributed by atoms with Gasteiger partial charge in [-0.3, -0.25) is 9.78 Å². The molecular weight excluding hydrogens is 286 g/mol. The third-order valence-electron chi connectivity index (χ3n) is 1.92. The van der Waals surface area contributed by atoms with Crippen LogP contribution in [-0.2, 0) is 0 Å². The van der Waals surface area contributed by atoms with Gasteiger partial charge in [-0.05, 0) is 45.8 Å². The van der Waals surface area contributed by atoms with E-state index in [4.69, 9.17) is 0 Å². The number of hydrogen-bond donors (Lipinski definition) is 0. The number of carbonyl (C=O) groups is 1. The normalized spacial score (nSPS) is 10.8. The largest absolute Gasteiger partial charge is 0.288 e. The maximum atomic E-state index is 11.7. The zero-order valence-electron chi connectivity index (χ0n) is 8.26. The highest BCUT2D eigenvalue weighted by atomic mass is 79.9. The van der Waals surface area contributed by atoms with Crippen LogP contribution in [0.25, 0.3) is 6.08 Å². The number of ketones is 1. The summed E-state index contributed by atoms with van der Waals surface area (Å²) in [4.78, 5) is 16.4. The summed E-state index contributed by atoms with van der Waals surface area (Å²) >= 11 is 4.75. The summed E-state index contributed by atoms with van der Waals surface area (Å²) in [5.74, 6) is 0.0135. The summed E-state index contributed by atoms with van der Waals surface area (Å²) in [5.41, 5.74) is 0.923. The number of nitrogens with zero attached hydrogens (tertiary/aromatic N) is 1. The molecule has 0 spiro atoms. The maximum absolute atomic E-state index is 11.7. The van der Waals surface area contributed by atoms with Crippen LogP contribution in [0.4, 0.5) is 0 Å². The monoisotopic (exact) mass is 293 g/mol. The maximum Gasteiger partial charge on any atom is 0.195 e. The van der Waals surface area contributed by atoms with Crippen LogP contribution >= 0.6 is 27.3 Å². The minimum Gasteiger partial charge on any atom is -0.288 e. The summed E-state index contributed by atoms with van der Waals surface area (Å²) in [6, 6.07) is 5.56. The van der Waals surface area contributed by atoms with Crippen LogP contribution < -0.4 is 0 Å². The molecule has 0 amide bonds. The molecule has 16 heavy (non-hydrogen) atoms. The Hall–Kier alpha value is -1.26. The predicted octanol–water partition coefficient (Wildman–Crippen LogP) is 3.80. The Morgan fingerprint density at radius 3 is 3.00 bits per heavy atom. The molecule has 0 fully saturated rings. The van der Waals surface area contributed by atoms with Gasteiger partial charge in [-0.15, -0.1) is 11.3 Å². The van der Waals surface area contributed by atoms with Crippen molar-refractivity contribution in [2.24, 2.45) is 0 Å². The van der Waals surface area contributed by atoms with Gasteiger partial charge in [0, 0.05) is 22.2 Å². The molecule has 2 aromatic heterocycles. The quantitative estimate of drug-likeness (QED) is 0.636. The van der Waals surface area contributed by atoms with Gasteiger partial charge in [0.2, 0.25) is 0 Å². The second-order valence-corrected chi connectivity index (χ2v) is 4.94. The van der Waals surface area contributed by atoms with Crippen LogP contribution in [0.3, 0.4) is 0 Å². The average molecular weight is 294 g/mol. The zero-order chi connectivity index (χ0) is 11.4. The van der Waals surface area contributed by atoms with Crippen molar-refractivity contribution >= 4 is 39.1 Å². The Bertz CT molecular complexity index is 519. The molecule has 0 aliphatic rings. The van der Waals surface area contributed by atoms with E-state index in [0.717, 1.165) is 14.9 Å². The number of pyridine rings is 1. The van der Waals surface area contributed by atoms with E-state index in [0.29, 0.717) is 0 Å². The minimum absolute atomic E-state index is 0.0135.